The molecule has 0 radical (unpaired) electrons. The van der Waals surface area contributed by atoms with Crippen LogP contribution in [0.5, 0.6) is 5.75 Å². The molecule has 0 aromatic heterocycles. The van der Waals surface area contributed by atoms with Crippen molar-refractivity contribution in [1.29, 1.82) is 0 Å². The van der Waals surface area contributed by atoms with Gasteiger partial charge in [0.05, 0.1) is 7.11 Å². The molecule has 2 aromatic carbocycles. The summed E-state index contributed by atoms with van der Waals surface area (Å²) in [5.41, 5.74) is 5.29. The van der Waals surface area contributed by atoms with Crippen LogP contribution in [-0.4, -0.2) is 7.11 Å². The second-order valence-electron chi connectivity index (χ2n) is 5.73. The highest BCUT2D eigenvalue weighted by molar-refractivity contribution is 5.32. The molecule has 2 atom stereocenters. The average molecular weight is 283 g/mol. The van der Waals surface area contributed by atoms with Crippen LogP contribution in [-0.2, 0) is 0 Å². The summed E-state index contributed by atoms with van der Waals surface area (Å²) in [6.07, 6.45) is 0. The van der Waals surface area contributed by atoms with E-state index in [0.717, 1.165) is 5.75 Å². The van der Waals surface area contributed by atoms with E-state index in [1.165, 1.54) is 22.3 Å². The highest BCUT2D eigenvalue weighted by atomic mass is 16.5. The van der Waals surface area contributed by atoms with E-state index in [1.807, 2.05) is 12.1 Å². The molecule has 0 aliphatic carbocycles. The lowest BCUT2D eigenvalue weighted by Crippen LogP contribution is -2.22. The molecule has 0 amide bonds. The van der Waals surface area contributed by atoms with Gasteiger partial charge in [-0.1, -0.05) is 30.3 Å². The van der Waals surface area contributed by atoms with Crippen LogP contribution in [0.4, 0.5) is 0 Å². The van der Waals surface area contributed by atoms with Crippen LogP contribution in [0, 0.1) is 13.8 Å². The predicted octanol–water partition coefficient (Wildman–Crippen LogP) is 4.72. The molecular weight excluding hydrogens is 258 g/mol. The zero-order chi connectivity index (χ0) is 15.4. The van der Waals surface area contributed by atoms with E-state index in [2.05, 4.69) is 63.3 Å². The molecule has 0 aliphatic heterocycles. The molecule has 0 spiro atoms. The number of ether oxygens (including phenoxy) is 1. The quantitative estimate of drug-likeness (QED) is 0.857. The summed E-state index contributed by atoms with van der Waals surface area (Å²) in [7, 11) is 1.69. The zero-order valence-electron chi connectivity index (χ0n) is 13.6. The second-order valence-corrected chi connectivity index (χ2v) is 5.73. The Hall–Kier alpha value is -1.80. The Morgan fingerprint density at radius 2 is 1.38 bits per heavy atom. The third-order valence-corrected chi connectivity index (χ3v) is 4.15. The van der Waals surface area contributed by atoms with Crippen LogP contribution in [0.15, 0.2) is 42.5 Å². The van der Waals surface area contributed by atoms with Crippen LogP contribution in [0.2, 0.25) is 0 Å². The van der Waals surface area contributed by atoms with Crippen molar-refractivity contribution in [2.45, 2.75) is 39.8 Å². The standard InChI is InChI=1S/C19H25NO/c1-13-6-7-18(12-14(13)2)16(4)20-15(3)17-8-10-19(21-5)11-9-17/h6-12,15-16,20H,1-5H3/t15-,16?/m1/s1. The van der Waals surface area contributed by atoms with Crippen LogP contribution >= 0.6 is 0 Å². The first-order valence-electron chi connectivity index (χ1n) is 7.48. The Bertz CT molecular complexity index is 589. The van der Waals surface area contributed by atoms with Crippen LogP contribution < -0.4 is 10.1 Å². The fourth-order valence-electron chi connectivity index (χ4n) is 2.49. The third-order valence-electron chi connectivity index (χ3n) is 4.15. The van der Waals surface area contributed by atoms with Gasteiger partial charge in [-0.2, -0.15) is 0 Å². The van der Waals surface area contributed by atoms with Crippen molar-refractivity contribution in [3.63, 3.8) is 0 Å². The SMILES string of the molecule is COc1ccc([C@@H](C)NC(C)c2ccc(C)c(C)c2)cc1. The van der Waals surface area contributed by atoms with Gasteiger partial charge in [0.25, 0.3) is 0 Å². The number of hydrogen-bond acceptors (Lipinski definition) is 2. The average Bonchev–Trinajstić information content (AvgIpc) is 2.50. The molecular formula is C19H25NO. The van der Waals surface area contributed by atoms with Gasteiger partial charge >= 0.3 is 0 Å². The Labute approximate surface area is 128 Å². The fourth-order valence-corrected chi connectivity index (χ4v) is 2.49. The van der Waals surface area contributed by atoms with Crippen molar-refractivity contribution in [2.24, 2.45) is 0 Å². The minimum Gasteiger partial charge on any atom is -0.497 e. The molecule has 0 heterocycles. The molecule has 2 rings (SSSR count). The molecule has 112 valence electrons. The van der Waals surface area contributed by atoms with Gasteiger partial charge in [-0.25, -0.2) is 0 Å². The summed E-state index contributed by atoms with van der Waals surface area (Å²) in [6.45, 7) is 8.72. The summed E-state index contributed by atoms with van der Waals surface area (Å²) in [5, 5.41) is 3.66. The summed E-state index contributed by atoms with van der Waals surface area (Å²) < 4.78 is 5.20. The maximum absolute atomic E-state index is 5.20. The Kier molecular flexibility index (Phi) is 5.03. The maximum atomic E-state index is 5.20. The zero-order valence-corrected chi connectivity index (χ0v) is 13.6. The minimum absolute atomic E-state index is 0.299. The molecule has 21 heavy (non-hydrogen) atoms. The highest BCUT2D eigenvalue weighted by Crippen LogP contribution is 2.22. The van der Waals surface area contributed by atoms with E-state index in [-0.39, 0.29) is 0 Å². The molecule has 0 saturated heterocycles. The number of rotatable bonds is 5. The molecule has 0 fully saturated rings. The Morgan fingerprint density at radius 1 is 0.810 bits per heavy atom. The van der Waals surface area contributed by atoms with Gasteiger partial charge in [-0.05, 0) is 62.1 Å². The number of methoxy groups -OCH3 is 1. The molecule has 0 aliphatic rings. The lowest BCUT2D eigenvalue weighted by atomic mass is 10.0. The lowest BCUT2D eigenvalue weighted by molar-refractivity contribution is 0.414. The van der Waals surface area contributed by atoms with E-state index in [1.54, 1.807) is 7.11 Å². The van der Waals surface area contributed by atoms with Gasteiger partial charge in [-0.3, -0.25) is 0 Å². The number of benzene rings is 2. The minimum atomic E-state index is 0.299. The number of hydrogen-bond donors (Lipinski definition) is 1. The molecule has 2 heteroatoms. The van der Waals surface area contributed by atoms with Crippen molar-refractivity contribution in [2.75, 3.05) is 7.11 Å². The van der Waals surface area contributed by atoms with Crippen molar-refractivity contribution < 1.29 is 4.74 Å². The normalized spacial score (nSPS) is 13.8. The summed E-state index contributed by atoms with van der Waals surface area (Å²) >= 11 is 0. The summed E-state index contributed by atoms with van der Waals surface area (Å²) in [6, 6.07) is 15.5. The lowest BCUT2D eigenvalue weighted by Gasteiger charge is -2.21. The fraction of sp³-hybridized carbons (Fsp3) is 0.368. The van der Waals surface area contributed by atoms with Crippen molar-refractivity contribution in [3.05, 3.63) is 64.7 Å². The predicted molar refractivity (Wildman–Crippen MR) is 88.9 cm³/mol. The van der Waals surface area contributed by atoms with E-state index in [0.29, 0.717) is 12.1 Å². The molecule has 1 N–H and O–H groups in total. The van der Waals surface area contributed by atoms with Crippen molar-refractivity contribution in [3.8, 4) is 5.75 Å². The summed E-state index contributed by atoms with van der Waals surface area (Å²) in [5.74, 6) is 0.896. The molecule has 2 aromatic rings. The molecule has 0 bridgehead atoms. The van der Waals surface area contributed by atoms with Crippen molar-refractivity contribution >= 4 is 0 Å². The largest absolute Gasteiger partial charge is 0.497 e. The first-order valence-corrected chi connectivity index (χ1v) is 7.48. The molecule has 1 unspecified atom stereocenters. The molecule has 2 nitrogen and oxygen atoms in total. The van der Waals surface area contributed by atoms with E-state index < -0.39 is 0 Å². The van der Waals surface area contributed by atoms with Gasteiger partial charge in [0, 0.05) is 12.1 Å². The smallest absolute Gasteiger partial charge is 0.118 e. The van der Waals surface area contributed by atoms with E-state index in [4.69, 9.17) is 4.74 Å². The van der Waals surface area contributed by atoms with E-state index >= 15 is 0 Å². The van der Waals surface area contributed by atoms with Gasteiger partial charge in [0.15, 0.2) is 0 Å². The van der Waals surface area contributed by atoms with Crippen LogP contribution in [0.3, 0.4) is 0 Å². The maximum Gasteiger partial charge on any atom is 0.118 e. The Balaban J connectivity index is 2.06. The van der Waals surface area contributed by atoms with Gasteiger partial charge in [0.2, 0.25) is 0 Å². The first kappa shape index (κ1) is 15.6. The molecule has 0 saturated carbocycles. The summed E-state index contributed by atoms with van der Waals surface area (Å²) in [4.78, 5) is 0. The van der Waals surface area contributed by atoms with Crippen molar-refractivity contribution in [1.82, 2.24) is 5.32 Å². The Morgan fingerprint density at radius 3 is 1.95 bits per heavy atom. The van der Waals surface area contributed by atoms with Crippen LogP contribution in [0.1, 0.15) is 48.2 Å². The number of nitrogens with one attached hydrogen (secondary N) is 1. The second kappa shape index (κ2) is 6.77. The van der Waals surface area contributed by atoms with Crippen LogP contribution in [0.25, 0.3) is 0 Å². The topological polar surface area (TPSA) is 21.3 Å². The van der Waals surface area contributed by atoms with Gasteiger partial charge in [0.1, 0.15) is 5.75 Å². The van der Waals surface area contributed by atoms with E-state index in [9.17, 15) is 0 Å². The number of aryl methyl sites for hydroxylation is 2. The first-order chi connectivity index (χ1) is 10.0. The monoisotopic (exact) mass is 283 g/mol. The highest BCUT2D eigenvalue weighted by Gasteiger charge is 2.11. The third kappa shape index (κ3) is 3.85. The van der Waals surface area contributed by atoms with Gasteiger partial charge in [-0.15, -0.1) is 0 Å². The van der Waals surface area contributed by atoms with Gasteiger partial charge < -0.3 is 10.1 Å².